The number of carbonyl (C=O) groups is 1. The summed E-state index contributed by atoms with van der Waals surface area (Å²) in [6, 6.07) is 11.6. The smallest absolute Gasteiger partial charge is 0.255 e. The number of rotatable bonds is 8. The van der Waals surface area contributed by atoms with Gasteiger partial charge >= 0.3 is 0 Å². The van der Waals surface area contributed by atoms with E-state index >= 15 is 0 Å². The van der Waals surface area contributed by atoms with Crippen molar-refractivity contribution in [1.29, 1.82) is 0 Å². The fourth-order valence-corrected chi connectivity index (χ4v) is 4.10. The van der Waals surface area contributed by atoms with Gasteiger partial charge in [0.05, 0.1) is 17.2 Å². The Morgan fingerprint density at radius 3 is 2.56 bits per heavy atom. The SMILES string of the molecule is CCCCOc1ccccc1NC(=O)c1ccc(Br)c(S(=O)(=O)N(C)C)c1. The van der Waals surface area contributed by atoms with E-state index < -0.39 is 15.9 Å². The Labute approximate surface area is 168 Å². The van der Waals surface area contributed by atoms with Gasteiger partial charge in [0.1, 0.15) is 5.75 Å². The molecule has 0 spiro atoms. The van der Waals surface area contributed by atoms with Crippen LogP contribution in [-0.2, 0) is 10.0 Å². The van der Waals surface area contributed by atoms with Crippen LogP contribution >= 0.6 is 15.9 Å². The number of sulfonamides is 1. The zero-order valence-electron chi connectivity index (χ0n) is 15.5. The molecular formula is C19H23BrN2O4S. The number of unbranched alkanes of at least 4 members (excludes halogenated alkanes) is 1. The summed E-state index contributed by atoms with van der Waals surface area (Å²) in [7, 11) is -0.792. The molecule has 2 aromatic rings. The number of amides is 1. The number of benzene rings is 2. The summed E-state index contributed by atoms with van der Waals surface area (Å²) < 4.78 is 32.1. The minimum Gasteiger partial charge on any atom is -0.491 e. The number of nitrogens with zero attached hydrogens (tertiary/aromatic N) is 1. The van der Waals surface area contributed by atoms with E-state index in [4.69, 9.17) is 4.74 Å². The molecule has 0 aliphatic carbocycles. The third kappa shape index (κ3) is 5.31. The standard InChI is InChI=1S/C19H23BrN2O4S/c1-4-5-12-26-17-9-7-6-8-16(17)21-19(23)14-10-11-15(20)18(13-14)27(24,25)22(2)3/h6-11,13H,4-5,12H2,1-3H3,(H,21,23). The van der Waals surface area contributed by atoms with Crippen LogP contribution in [0, 0.1) is 0 Å². The highest BCUT2D eigenvalue weighted by Crippen LogP contribution is 2.27. The molecule has 2 aromatic carbocycles. The molecule has 6 nitrogen and oxygen atoms in total. The number of hydrogen-bond acceptors (Lipinski definition) is 4. The summed E-state index contributed by atoms with van der Waals surface area (Å²) in [5.74, 6) is 0.168. The van der Waals surface area contributed by atoms with E-state index in [2.05, 4.69) is 28.2 Å². The molecule has 0 atom stereocenters. The third-order valence-electron chi connectivity index (χ3n) is 3.84. The van der Waals surface area contributed by atoms with Gasteiger partial charge in [-0.3, -0.25) is 4.79 Å². The van der Waals surface area contributed by atoms with E-state index in [0.29, 0.717) is 22.5 Å². The fourth-order valence-electron chi connectivity index (χ4n) is 2.26. The number of hydrogen-bond donors (Lipinski definition) is 1. The lowest BCUT2D eigenvalue weighted by molar-refractivity contribution is 0.102. The summed E-state index contributed by atoms with van der Waals surface area (Å²) in [6.45, 7) is 2.64. The number of para-hydroxylation sites is 2. The molecule has 0 aromatic heterocycles. The van der Waals surface area contributed by atoms with Gasteiger partial charge in [-0.15, -0.1) is 0 Å². The lowest BCUT2D eigenvalue weighted by atomic mass is 10.2. The molecule has 0 saturated heterocycles. The van der Waals surface area contributed by atoms with Crippen molar-refractivity contribution >= 4 is 37.5 Å². The summed E-state index contributed by atoms with van der Waals surface area (Å²) in [5.41, 5.74) is 0.778. The summed E-state index contributed by atoms with van der Waals surface area (Å²) in [4.78, 5) is 12.7. The van der Waals surface area contributed by atoms with Crippen molar-refractivity contribution in [3.8, 4) is 5.75 Å². The monoisotopic (exact) mass is 454 g/mol. The Kier molecular flexibility index (Phi) is 7.41. The van der Waals surface area contributed by atoms with Crippen LogP contribution < -0.4 is 10.1 Å². The molecular weight excluding hydrogens is 432 g/mol. The number of anilines is 1. The van der Waals surface area contributed by atoms with Gasteiger partial charge in [-0.05, 0) is 52.7 Å². The van der Waals surface area contributed by atoms with E-state index in [1.54, 1.807) is 30.3 Å². The molecule has 1 amide bonds. The summed E-state index contributed by atoms with van der Waals surface area (Å²) in [6.07, 6.45) is 1.93. The van der Waals surface area contributed by atoms with Gasteiger partial charge in [-0.1, -0.05) is 25.5 Å². The van der Waals surface area contributed by atoms with Gasteiger partial charge in [-0.25, -0.2) is 12.7 Å². The van der Waals surface area contributed by atoms with Crippen LogP contribution in [0.4, 0.5) is 5.69 Å². The van der Waals surface area contributed by atoms with E-state index in [1.807, 2.05) is 6.07 Å². The van der Waals surface area contributed by atoms with Crippen LogP contribution in [0.15, 0.2) is 51.8 Å². The minimum absolute atomic E-state index is 0.0348. The van der Waals surface area contributed by atoms with Crippen LogP contribution in [0.25, 0.3) is 0 Å². The highest BCUT2D eigenvalue weighted by atomic mass is 79.9. The molecule has 0 unspecified atom stereocenters. The number of ether oxygens (including phenoxy) is 1. The molecule has 0 aliphatic rings. The first kappa shape index (κ1) is 21.4. The van der Waals surface area contributed by atoms with Crippen LogP contribution in [0.3, 0.4) is 0 Å². The quantitative estimate of drug-likeness (QED) is 0.608. The first-order chi connectivity index (χ1) is 12.8. The summed E-state index contributed by atoms with van der Waals surface area (Å²) in [5, 5.41) is 2.79. The zero-order valence-corrected chi connectivity index (χ0v) is 17.9. The predicted octanol–water partition coefficient (Wildman–Crippen LogP) is 4.13. The number of halogens is 1. The van der Waals surface area contributed by atoms with Crippen LogP contribution in [-0.4, -0.2) is 39.3 Å². The first-order valence-corrected chi connectivity index (χ1v) is 10.8. The zero-order chi connectivity index (χ0) is 20.0. The van der Waals surface area contributed by atoms with Crippen molar-refractivity contribution in [2.24, 2.45) is 0 Å². The Balaban J connectivity index is 2.28. The molecule has 2 rings (SSSR count). The largest absolute Gasteiger partial charge is 0.491 e. The summed E-state index contributed by atoms with van der Waals surface area (Å²) >= 11 is 3.24. The van der Waals surface area contributed by atoms with E-state index in [1.165, 1.54) is 20.2 Å². The topological polar surface area (TPSA) is 75.7 Å². The molecule has 0 saturated carbocycles. The lowest BCUT2D eigenvalue weighted by Gasteiger charge is -2.15. The maximum Gasteiger partial charge on any atom is 0.255 e. The molecule has 8 heteroatoms. The minimum atomic E-state index is -3.68. The molecule has 0 bridgehead atoms. The van der Waals surface area contributed by atoms with Crippen LogP contribution in [0.1, 0.15) is 30.1 Å². The van der Waals surface area contributed by atoms with Crippen LogP contribution in [0.2, 0.25) is 0 Å². The molecule has 0 fully saturated rings. The predicted molar refractivity (Wildman–Crippen MR) is 110 cm³/mol. The van der Waals surface area contributed by atoms with Gasteiger partial charge in [0.25, 0.3) is 5.91 Å². The molecule has 0 aliphatic heterocycles. The number of carbonyl (C=O) groups excluding carboxylic acids is 1. The molecule has 27 heavy (non-hydrogen) atoms. The Bertz CT molecular complexity index is 914. The second-order valence-electron chi connectivity index (χ2n) is 6.08. The number of nitrogens with one attached hydrogen (secondary N) is 1. The van der Waals surface area contributed by atoms with Crippen molar-refractivity contribution in [1.82, 2.24) is 4.31 Å². The normalized spacial score (nSPS) is 11.4. The first-order valence-electron chi connectivity index (χ1n) is 8.52. The van der Waals surface area contributed by atoms with Gasteiger partial charge in [-0.2, -0.15) is 0 Å². The van der Waals surface area contributed by atoms with Crippen LogP contribution in [0.5, 0.6) is 5.75 Å². The second-order valence-corrected chi connectivity index (χ2v) is 9.06. The highest BCUT2D eigenvalue weighted by Gasteiger charge is 2.22. The van der Waals surface area contributed by atoms with Crippen molar-refractivity contribution < 1.29 is 17.9 Å². The van der Waals surface area contributed by atoms with E-state index in [9.17, 15) is 13.2 Å². The van der Waals surface area contributed by atoms with Gasteiger partial charge in [0.2, 0.25) is 10.0 Å². The van der Waals surface area contributed by atoms with Crippen molar-refractivity contribution in [3.63, 3.8) is 0 Å². The average Bonchev–Trinajstić information content (AvgIpc) is 2.63. The molecule has 146 valence electrons. The molecule has 0 radical (unpaired) electrons. The van der Waals surface area contributed by atoms with Gasteiger partial charge in [0, 0.05) is 24.1 Å². The lowest BCUT2D eigenvalue weighted by Crippen LogP contribution is -2.23. The van der Waals surface area contributed by atoms with E-state index in [-0.39, 0.29) is 10.5 Å². The molecule has 0 heterocycles. The van der Waals surface area contributed by atoms with Crippen molar-refractivity contribution in [2.75, 3.05) is 26.0 Å². The Hall–Kier alpha value is -1.90. The van der Waals surface area contributed by atoms with Gasteiger partial charge < -0.3 is 10.1 Å². The third-order valence-corrected chi connectivity index (χ3v) is 6.65. The van der Waals surface area contributed by atoms with Gasteiger partial charge in [0.15, 0.2) is 0 Å². The Morgan fingerprint density at radius 1 is 1.19 bits per heavy atom. The average molecular weight is 455 g/mol. The van der Waals surface area contributed by atoms with Crippen molar-refractivity contribution in [3.05, 3.63) is 52.5 Å². The molecule has 1 N–H and O–H groups in total. The Morgan fingerprint density at radius 2 is 1.89 bits per heavy atom. The highest BCUT2D eigenvalue weighted by molar-refractivity contribution is 9.10. The second kappa shape index (κ2) is 9.34. The fraction of sp³-hybridized carbons (Fsp3) is 0.316. The maximum atomic E-state index is 12.7. The maximum absolute atomic E-state index is 12.7. The van der Waals surface area contributed by atoms with Crippen molar-refractivity contribution in [2.45, 2.75) is 24.7 Å². The van der Waals surface area contributed by atoms with E-state index in [0.717, 1.165) is 17.1 Å².